The van der Waals surface area contributed by atoms with Crippen molar-refractivity contribution in [2.24, 2.45) is 10.7 Å². The molecule has 0 saturated heterocycles. The first-order chi connectivity index (χ1) is 11.7. The number of aromatic nitrogens is 1. The van der Waals surface area contributed by atoms with Gasteiger partial charge in [0.25, 0.3) is 0 Å². The first-order valence-electron chi connectivity index (χ1n) is 8.69. The van der Waals surface area contributed by atoms with Crippen LogP contribution in [-0.2, 0) is 11.8 Å². The number of nitrogens with one attached hydrogen (secondary N) is 1. The van der Waals surface area contributed by atoms with Crippen LogP contribution in [0.1, 0.15) is 37.9 Å². The average molecular weight is 324 g/mol. The largest absolute Gasteiger partial charge is 0.370 e. The predicted molar refractivity (Wildman–Crippen MR) is 101 cm³/mol. The fourth-order valence-electron chi connectivity index (χ4n) is 2.92. The summed E-state index contributed by atoms with van der Waals surface area (Å²) in [7, 11) is 0. The molecular formula is C20H28N4. The van der Waals surface area contributed by atoms with E-state index in [9.17, 15) is 0 Å². The monoisotopic (exact) mass is 324 g/mol. The zero-order valence-electron chi connectivity index (χ0n) is 14.7. The molecule has 0 amide bonds. The highest BCUT2D eigenvalue weighted by Gasteiger charge is 2.27. The van der Waals surface area contributed by atoms with Gasteiger partial charge in [-0.3, -0.25) is 9.98 Å². The number of nitrogens with two attached hydrogens (primary N) is 1. The Labute approximate surface area is 145 Å². The Morgan fingerprint density at radius 1 is 1.08 bits per heavy atom. The lowest BCUT2D eigenvalue weighted by atomic mass is 9.76. The molecule has 0 unspecified atom stereocenters. The van der Waals surface area contributed by atoms with Gasteiger partial charge in [-0.2, -0.15) is 0 Å². The average Bonchev–Trinajstić information content (AvgIpc) is 2.65. The van der Waals surface area contributed by atoms with E-state index in [0.717, 1.165) is 31.5 Å². The minimum Gasteiger partial charge on any atom is -0.370 e. The van der Waals surface area contributed by atoms with Gasteiger partial charge in [-0.25, -0.2) is 0 Å². The Balaban J connectivity index is 1.93. The van der Waals surface area contributed by atoms with Gasteiger partial charge in [0, 0.05) is 30.3 Å². The van der Waals surface area contributed by atoms with E-state index in [2.05, 4.69) is 59.5 Å². The van der Waals surface area contributed by atoms with Gasteiger partial charge in [-0.15, -0.1) is 0 Å². The molecule has 24 heavy (non-hydrogen) atoms. The van der Waals surface area contributed by atoms with Crippen LogP contribution in [-0.4, -0.2) is 24.0 Å². The van der Waals surface area contributed by atoms with Crippen molar-refractivity contribution in [3.63, 3.8) is 0 Å². The molecule has 0 atom stereocenters. The smallest absolute Gasteiger partial charge is 0.188 e. The van der Waals surface area contributed by atoms with Crippen LogP contribution in [0.2, 0.25) is 0 Å². The van der Waals surface area contributed by atoms with Crippen molar-refractivity contribution in [3.8, 4) is 0 Å². The molecule has 1 heterocycles. The molecule has 128 valence electrons. The summed E-state index contributed by atoms with van der Waals surface area (Å²) in [5.74, 6) is 0.508. The third-order valence-electron chi connectivity index (χ3n) is 4.71. The van der Waals surface area contributed by atoms with Crippen LogP contribution in [0.5, 0.6) is 0 Å². The molecule has 0 aliphatic rings. The zero-order valence-corrected chi connectivity index (χ0v) is 14.7. The summed E-state index contributed by atoms with van der Waals surface area (Å²) in [6.45, 7) is 5.88. The summed E-state index contributed by atoms with van der Waals surface area (Å²) in [4.78, 5) is 8.92. The molecule has 1 aromatic carbocycles. The van der Waals surface area contributed by atoms with E-state index >= 15 is 0 Å². The summed E-state index contributed by atoms with van der Waals surface area (Å²) >= 11 is 0. The van der Waals surface area contributed by atoms with Gasteiger partial charge in [-0.1, -0.05) is 50.2 Å². The molecule has 0 aliphatic carbocycles. The summed E-state index contributed by atoms with van der Waals surface area (Å²) < 4.78 is 0. The summed E-state index contributed by atoms with van der Waals surface area (Å²) in [5, 5.41) is 3.19. The molecular weight excluding hydrogens is 296 g/mol. The molecule has 1 aromatic heterocycles. The maximum absolute atomic E-state index is 6.05. The topological polar surface area (TPSA) is 63.3 Å². The number of hydrogen-bond donors (Lipinski definition) is 2. The summed E-state index contributed by atoms with van der Waals surface area (Å²) in [6.07, 6.45) is 4.72. The molecule has 4 heteroatoms. The molecule has 0 radical (unpaired) electrons. The third kappa shape index (κ3) is 4.82. The lowest BCUT2D eigenvalue weighted by Crippen LogP contribution is -2.36. The minimum atomic E-state index is 0.0501. The van der Waals surface area contributed by atoms with Crippen LogP contribution in [0.15, 0.2) is 59.7 Å². The van der Waals surface area contributed by atoms with Crippen LogP contribution in [0.3, 0.4) is 0 Å². The normalized spacial score (nSPS) is 12.2. The van der Waals surface area contributed by atoms with E-state index in [-0.39, 0.29) is 5.41 Å². The predicted octanol–water partition coefficient (Wildman–Crippen LogP) is 3.29. The maximum atomic E-state index is 6.05. The third-order valence-corrected chi connectivity index (χ3v) is 4.71. The van der Waals surface area contributed by atoms with Crippen molar-refractivity contribution in [1.29, 1.82) is 0 Å². The number of guanidine groups is 1. The number of benzene rings is 1. The Morgan fingerprint density at radius 3 is 2.42 bits per heavy atom. The Kier molecular flexibility index (Phi) is 6.79. The fraction of sp³-hybridized carbons (Fsp3) is 0.400. The Morgan fingerprint density at radius 2 is 1.79 bits per heavy atom. The molecule has 2 aromatic rings. The van der Waals surface area contributed by atoms with Gasteiger partial charge >= 0.3 is 0 Å². The first-order valence-corrected chi connectivity index (χ1v) is 8.69. The molecule has 3 N–H and O–H groups in total. The molecule has 0 bridgehead atoms. The maximum Gasteiger partial charge on any atom is 0.188 e. The van der Waals surface area contributed by atoms with E-state index in [1.807, 2.05) is 24.4 Å². The molecule has 0 aliphatic heterocycles. The molecule has 2 rings (SSSR count). The van der Waals surface area contributed by atoms with Crippen molar-refractivity contribution < 1.29 is 0 Å². The van der Waals surface area contributed by atoms with Crippen LogP contribution in [0, 0.1) is 0 Å². The van der Waals surface area contributed by atoms with E-state index in [1.54, 1.807) is 0 Å². The summed E-state index contributed by atoms with van der Waals surface area (Å²) in [5.41, 5.74) is 8.49. The van der Waals surface area contributed by atoms with Crippen LogP contribution in [0.4, 0.5) is 0 Å². The Bertz CT molecular complexity index is 619. The number of hydrogen-bond acceptors (Lipinski definition) is 2. The lowest BCUT2D eigenvalue weighted by Gasteiger charge is -2.30. The van der Waals surface area contributed by atoms with Crippen LogP contribution >= 0.6 is 0 Å². The highest BCUT2D eigenvalue weighted by atomic mass is 15.1. The van der Waals surface area contributed by atoms with Crippen LogP contribution in [0.25, 0.3) is 0 Å². The lowest BCUT2D eigenvalue weighted by molar-refractivity contribution is 0.407. The second kappa shape index (κ2) is 9.06. The van der Waals surface area contributed by atoms with E-state index in [1.165, 1.54) is 5.56 Å². The second-order valence-electron chi connectivity index (χ2n) is 6.05. The first kappa shape index (κ1) is 18.0. The van der Waals surface area contributed by atoms with Gasteiger partial charge in [-0.05, 0) is 30.5 Å². The molecule has 4 nitrogen and oxygen atoms in total. The highest BCUT2D eigenvalue weighted by Crippen LogP contribution is 2.31. The summed E-state index contributed by atoms with van der Waals surface area (Å²) in [6, 6.07) is 16.5. The van der Waals surface area contributed by atoms with Gasteiger partial charge in [0.1, 0.15) is 0 Å². The molecule has 0 saturated carbocycles. The molecule has 0 spiro atoms. The van der Waals surface area contributed by atoms with Crippen LogP contribution < -0.4 is 11.1 Å². The van der Waals surface area contributed by atoms with E-state index in [0.29, 0.717) is 12.5 Å². The van der Waals surface area contributed by atoms with Gasteiger partial charge in [0.15, 0.2) is 5.96 Å². The van der Waals surface area contributed by atoms with Crippen molar-refractivity contribution >= 4 is 5.96 Å². The number of nitrogens with zero attached hydrogens (tertiary/aromatic N) is 2. The Hall–Kier alpha value is -2.36. The standard InChI is InChI=1S/C20H28N4/c1-3-20(4-2,17-10-6-5-7-11-17)16-24-19(21)23-15-13-18-12-8-9-14-22-18/h5-12,14H,3-4,13,15-16H2,1-2H3,(H3,21,23,24). The SMILES string of the molecule is CCC(CC)(CN=C(N)NCCc1ccccn1)c1ccccc1. The second-order valence-corrected chi connectivity index (χ2v) is 6.05. The van der Waals surface area contributed by atoms with E-state index in [4.69, 9.17) is 5.73 Å². The number of rotatable bonds is 8. The van der Waals surface area contributed by atoms with Gasteiger partial charge < -0.3 is 11.1 Å². The van der Waals surface area contributed by atoms with Gasteiger partial charge in [0.2, 0.25) is 0 Å². The van der Waals surface area contributed by atoms with Crippen molar-refractivity contribution in [2.45, 2.75) is 38.5 Å². The highest BCUT2D eigenvalue weighted by molar-refractivity contribution is 5.77. The van der Waals surface area contributed by atoms with E-state index < -0.39 is 0 Å². The number of aliphatic imine (C=N–C) groups is 1. The number of pyridine rings is 1. The van der Waals surface area contributed by atoms with Crippen molar-refractivity contribution in [3.05, 3.63) is 66.0 Å². The minimum absolute atomic E-state index is 0.0501. The zero-order chi connectivity index (χ0) is 17.3. The molecule has 0 fully saturated rings. The quantitative estimate of drug-likeness (QED) is 0.578. The fourth-order valence-corrected chi connectivity index (χ4v) is 2.92. The van der Waals surface area contributed by atoms with Crippen molar-refractivity contribution in [1.82, 2.24) is 10.3 Å². The van der Waals surface area contributed by atoms with Gasteiger partial charge in [0.05, 0.1) is 6.54 Å². The van der Waals surface area contributed by atoms with Crippen molar-refractivity contribution in [2.75, 3.05) is 13.1 Å².